The number of aliphatic carboxylic acids is 1. The minimum absolute atomic E-state index is 0.0353. The number of hydrogen-bond acceptors (Lipinski definition) is 4. The van der Waals surface area contributed by atoms with Crippen molar-refractivity contribution >= 4 is 33.3 Å². The molecule has 196 valence electrons. The number of carboxylic acid groups (broad SMARTS) is 1. The van der Waals surface area contributed by atoms with Crippen LogP contribution in [0.3, 0.4) is 0 Å². The van der Waals surface area contributed by atoms with Gasteiger partial charge in [-0.05, 0) is 67.4 Å². The van der Waals surface area contributed by atoms with Crippen molar-refractivity contribution in [2.24, 2.45) is 5.41 Å². The largest absolute Gasteiger partial charge is 0.486 e. The highest BCUT2D eigenvalue weighted by molar-refractivity contribution is 7.92. The molecule has 11 heteroatoms. The van der Waals surface area contributed by atoms with Gasteiger partial charge in [-0.3, -0.25) is 9.10 Å². The van der Waals surface area contributed by atoms with Crippen molar-refractivity contribution in [3.63, 3.8) is 0 Å². The number of carbonyl (C=O) groups is 1. The standard InChI is InChI=1S/C26H23ClF3NO5S/c1-25(2,24(32)33)14-20-15-31(37(34,35)21-8-4-6-18(13-21)26(28,29)30)22-12-17(9-10-23(22)36-20)16-5-3-7-19(27)11-16/h3-13,20H,14-15H2,1-2H3,(H,32,33)/t20-/m0/s1. The summed E-state index contributed by atoms with van der Waals surface area (Å²) in [5.41, 5.74) is -0.911. The monoisotopic (exact) mass is 553 g/mol. The molecule has 4 rings (SSSR count). The number of benzene rings is 3. The maximum atomic E-state index is 13.7. The van der Waals surface area contributed by atoms with Crippen molar-refractivity contribution in [1.82, 2.24) is 0 Å². The molecule has 0 amide bonds. The van der Waals surface area contributed by atoms with Crippen molar-refractivity contribution in [3.05, 3.63) is 77.3 Å². The summed E-state index contributed by atoms with van der Waals surface area (Å²) in [5, 5.41) is 10.0. The fraction of sp³-hybridized carbons (Fsp3) is 0.269. The second-order valence-electron chi connectivity index (χ2n) is 9.39. The Hall–Kier alpha value is -3.24. The highest BCUT2D eigenvalue weighted by atomic mass is 35.5. The number of carboxylic acids is 1. The highest BCUT2D eigenvalue weighted by Crippen LogP contribution is 2.42. The van der Waals surface area contributed by atoms with Gasteiger partial charge in [0.25, 0.3) is 10.0 Å². The van der Waals surface area contributed by atoms with Crippen LogP contribution in [0.15, 0.2) is 71.6 Å². The molecule has 0 fully saturated rings. The molecule has 0 aromatic heterocycles. The molecule has 0 saturated carbocycles. The van der Waals surface area contributed by atoms with Gasteiger partial charge < -0.3 is 9.84 Å². The molecule has 37 heavy (non-hydrogen) atoms. The number of rotatable bonds is 6. The Morgan fingerprint density at radius 1 is 1.05 bits per heavy atom. The molecular formula is C26H23ClF3NO5S. The number of hydrogen-bond donors (Lipinski definition) is 1. The average molecular weight is 554 g/mol. The van der Waals surface area contributed by atoms with Gasteiger partial charge in [-0.25, -0.2) is 8.42 Å². The number of halogens is 4. The molecule has 0 bridgehead atoms. The molecule has 1 heterocycles. The van der Waals surface area contributed by atoms with Crippen LogP contribution in [0.4, 0.5) is 18.9 Å². The van der Waals surface area contributed by atoms with Gasteiger partial charge in [-0.2, -0.15) is 13.2 Å². The molecule has 1 N–H and O–H groups in total. The van der Waals surface area contributed by atoms with Crippen LogP contribution in [-0.2, 0) is 21.0 Å². The smallest absolute Gasteiger partial charge is 0.416 e. The lowest BCUT2D eigenvalue weighted by atomic mass is 9.86. The predicted molar refractivity (Wildman–Crippen MR) is 133 cm³/mol. The summed E-state index contributed by atoms with van der Waals surface area (Å²) in [7, 11) is -4.49. The first-order chi connectivity index (χ1) is 17.2. The number of anilines is 1. The first kappa shape index (κ1) is 26.8. The normalized spacial score (nSPS) is 16.2. The number of sulfonamides is 1. The molecule has 0 aliphatic carbocycles. The number of alkyl halides is 3. The van der Waals surface area contributed by atoms with Crippen LogP contribution in [0.5, 0.6) is 5.75 Å². The van der Waals surface area contributed by atoms with E-state index in [1.165, 1.54) is 13.8 Å². The van der Waals surface area contributed by atoms with Gasteiger partial charge in [0.15, 0.2) is 0 Å². The molecule has 1 atom stereocenters. The SMILES string of the molecule is CC(C)(C[C@H]1CN(S(=O)(=O)c2cccc(C(F)(F)F)c2)c2cc(-c3cccc(Cl)c3)ccc2O1)C(=O)O. The Morgan fingerprint density at radius 2 is 1.73 bits per heavy atom. The first-order valence-corrected chi connectivity index (χ1v) is 13.0. The van der Waals surface area contributed by atoms with E-state index in [0.29, 0.717) is 22.2 Å². The number of ether oxygens (including phenoxy) is 1. The van der Waals surface area contributed by atoms with Gasteiger partial charge >= 0.3 is 12.1 Å². The van der Waals surface area contributed by atoms with Gasteiger partial charge in [0.05, 0.1) is 28.1 Å². The molecule has 0 spiro atoms. The van der Waals surface area contributed by atoms with Gasteiger partial charge in [-0.15, -0.1) is 0 Å². The maximum absolute atomic E-state index is 13.7. The molecule has 0 saturated heterocycles. The summed E-state index contributed by atoms with van der Waals surface area (Å²) in [4.78, 5) is 11.2. The van der Waals surface area contributed by atoms with Crippen molar-refractivity contribution < 1.29 is 36.2 Å². The summed E-state index contributed by atoms with van der Waals surface area (Å²) >= 11 is 6.11. The van der Waals surface area contributed by atoms with Crippen LogP contribution < -0.4 is 9.04 Å². The van der Waals surface area contributed by atoms with Crippen molar-refractivity contribution in [2.45, 2.75) is 37.4 Å². The van der Waals surface area contributed by atoms with E-state index in [0.717, 1.165) is 22.5 Å². The minimum Gasteiger partial charge on any atom is -0.486 e. The fourth-order valence-corrected chi connectivity index (χ4v) is 5.85. The van der Waals surface area contributed by atoms with Gasteiger partial charge in [0.2, 0.25) is 0 Å². The Labute approximate surface area is 217 Å². The third kappa shape index (κ3) is 5.55. The van der Waals surface area contributed by atoms with Gasteiger partial charge in [0.1, 0.15) is 11.9 Å². The van der Waals surface area contributed by atoms with E-state index in [1.807, 2.05) is 0 Å². The Morgan fingerprint density at radius 3 is 2.38 bits per heavy atom. The lowest BCUT2D eigenvalue weighted by molar-refractivity contribution is -0.148. The van der Waals surface area contributed by atoms with Crippen LogP contribution in [0.25, 0.3) is 11.1 Å². The molecular weight excluding hydrogens is 531 g/mol. The van der Waals surface area contributed by atoms with E-state index in [1.54, 1.807) is 42.5 Å². The van der Waals surface area contributed by atoms with Crippen molar-refractivity contribution in [1.29, 1.82) is 0 Å². The second-order valence-corrected chi connectivity index (χ2v) is 11.7. The zero-order valence-corrected chi connectivity index (χ0v) is 21.4. The van der Waals surface area contributed by atoms with E-state index in [2.05, 4.69) is 0 Å². The van der Waals surface area contributed by atoms with Crippen molar-refractivity contribution in [2.75, 3.05) is 10.8 Å². The summed E-state index contributed by atoms with van der Waals surface area (Å²) in [5.74, 6) is -0.927. The Bertz CT molecular complexity index is 1460. The second kappa shape index (κ2) is 9.57. The van der Waals surface area contributed by atoms with Crippen LogP contribution in [0, 0.1) is 5.41 Å². The molecule has 0 unspecified atom stereocenters. The van der Waals surface area contributed by atoms with Crippen LogP contribution >= 0.6 is 11.6 Å². The van der Waals surface area contributed by atoms with Gasteiger partial charge in [-0.1, -0.05) is 35.9 Å². The average Bonchev–Trinajstić information content (AvgIpc) is 2.82. The van der Waals surface area contributed by atoms with E-state index in [9.17, 15) is 31.5 Å². The highest BCUT2D eigenvalue weighted by Gasteiger charge is 2.40. The first-order valence-electron chi connectivity index (χ1n) is 11.2. The van der Waals surface area contributed by atoms with Crippen LogP contribution in [0.2, 0.25) is 5.02 Å². The Kier molecular flexibility index (Phi) is 6.94. The van der Waals surface area contributed by atoms with E-state index in [4.69, 9.17) is 16.3 Å². The zero-order chi connectivity index (χ0) is 27.2. The molecule has 3 aromatic rings. The van der Waals surface area contributed by atoms with E-state index < -0.39 is 44.1 Å². The quantitative estimate of drug-likeness (QED) is 0.377. The third-order valence-corrected chi connectivity index (χ3v) is 8.13. The summed E-state index contributed by atoms with van der Waals surface area (Å²) in [6.07, 6.45) is -5.63. The summed E-state index contributed by atoms with van der Waals surface area (Å²) < 4.78 is 74.5. The maximum Gasteiger partial charge on any atom is 0.416 e. The van der Waals surface area contributed by atoms with E-state index >= 15 is 0 Å². The Balaban J connectivity index is 1.84. The lowest BCUT2D eigenvalue weighted by Crippen LogP contribution is -2.46. The minimum atomic E-state index is -4.73. The predicted octanol–water partition coefficient (Wildman–Crippen LogP) is 6.48. The lowest BCUT2D eigenvalue weighted by Gasteiger charge is -2.38. The number of nitrogens with zero attached hydrogens (tertiary/aromatic N) is 1. The summed E-state index contributed by atoms with van der Waals surface area (Å²) in [6, 6.07) is 15.2. The van der Waals surface area contributed by atoms with Crippen molar-refractivity contribution in [3.8, 4) is 16.9 Å². The third-order valence-electron chi connectivity index (χ3n) is 6.11. The topological polar surface area (TPSA) is 83.9 Å². The fourth-order valence-electron chi connectivity index (χ4n) is 4.11. The van der Waals surface area contributed by atoms with Crippen LogP contribution in [0.1, 0.15) is 25.8 Å². The molecule has 1 aliphatic heterocycles. The number of fused-ring (bicyclic) bond motifs is 1. The van der Waals surface area contributed by atoms with Gasteiger partial charge in [0, 0.05) is 11.4 Å². The molecule has 1 aliphatic rings. The van der Waals surface area contributed by atoms with Crippen LogP contribution in [-0.4, -0.2) is 32.1 Å². The molecule has 3 aromatic carbocycles. The summed E-state index contributed by atoms with van der Waals surface area (Å²) in [6.45, 7) is 2.69. The van der Waals surface area contributed by atoms with E-state index in [-0.39, 0.29) is 24.4 Å². The molecule has 0 radical (unpaired) electrons. The molecule has 6 nitrogen and oxygen atoms in total. The zero-order valence-electron chi connectivity index (χ0n) is 19.8.